The van der Waals surface area contributed by atoms with Gasteiger partial charge >= 0.3 is 6.18 Å². The Hall–Kier alpha value is -1.19. The molecule has 1 aliphatic carbocycles. The molecule has 0 spiro atoms. The Morgan fingerprint density at radius 2 is 1.80 bits per heavy atom. The molecule has 20 heavy (non-hydrogen) atoms. The maximum Gasteiger partial charge on any atom is 0.418 e. The van der Waals surface area contributed by atoms with Gasteiger partial charge in [0, 0.05) is 18.2 Å². The van der Waals surface area contributed by atoms with Gasteiger partial charge in [0.1, 0.15) is 0 Å². The quantitative estimate of drug-likeness (QED) is 0.761. The van der Waals surface area contributed by atoms with Gasteiger partial charge < -0.3 is 5.32 Å². The lowest BCUT2D eigenvalue weighted by Crippen LogP contribution is -2.20. The van der Waals surface area contributed by atoms with E-state index in [2.05, 4.69) is 12.2 Å². The summed E-state index contributed by atoms with van der Waals surface area (Å²) >= 11 is 0. The topological polar surface area (TPSA) is 12.0 Å². The van der Waals surface area contributed by atoms with Crippen molar-refractivity contribution in [2.24, 2.45) is 11.8 Å². The van der Waals surface area contributed by atoms with Crippen molar-refractivity contribution in [1.29, 1.82) is 0 Å². The summed E-state index contributed by atoms with van der Waals surface area (Å²) in [5.41, 5.74) is 0.685. The maximum atomic E-state index is 13.0. The number of halogens is 3. The fraction of sp³-hybridized carbons (Fsp3) is 0.625. The van der Waals surface area contributed by atoms with Crippen molar-refractivity contribution in [2.45, 2.75) is 44.7 Å². The van der Waals surface area contributed by atoms with Crippen LogP contribution in [0.4, 0.5) is 18.9 Å². The van der Waals surface area contributed by atoms with Crippen LogP contribution in [0, 0.1) is 11.8 Å². The third-order valence-corrected chi connectivity index (χ3v) is 4.93. The average Bonchev–Trinajstić information content (AvgIpc) is 2.82. The van der Waals surface area contributed by atoms with E-state index in [4.69, 9.17) is 0 Å². The van der Waals surface area contributed by atoms with E-state index in [1.807, 2.05) is 6.07 Å². The summed E-state index contributed by atoms with van der Waals surface area (Å²) in [6, 6.07) is 4.59. The van der Waals surface area contributed by atoms with E-state index >= 15 is 0 Å². The Morgan fingerprint density at radius 1 is 1.10 bits per heavy atom. The van der Waals surface area contributed by atoms with E-state index in [1.54, 1.807) is 6.07 Å². The van der Waals surface area contributed by atoms with Crippen molar-refractivity contribution in [1.82, 2.24) is 0 Å². The van der Waals surface area contributed by atoms with Crippen molar-refractivity contribution >= 4 is 5.69 Å². The molecule has 0 saturated heterocycles. The largest absolute Gasteiger partial charge is 0.418 e. The number of anilines is 1. The van der Waals surface area contributed by atoms with Gasteiger partial charge in [-0.2, -0.15) is 13.2 Å². The lowest BCUT2D eigenvalue weighted by atomic mass is 9.74. The summed E-state index contributed by atoms with van der Waals surface area (Å²) in [5.74, 6) is 1.55. The smallest absolute Gasteiger partial charge is 0.384 e. The summed E-state index contributed by atoms with van der Waals surface area (Å²) in [5, 5.41) is 3.01. The summed E-state index contributed by atoms with van der Waals surface area (Å²) < 4.78 is 39.1. The number of alkyl halides is 3. The zero-order valence-electron chi connectivity index (χ0n) is 11.6. The Kier molecular flexibility index (Phi) is 3.43. The van der Waals surface area contributed by atoms with Gasteiger partial charge in [0.25, 0.3) is 0 Å². The third-order valence-electron chi connectivity index (χ3n) is 4.93. The molecule has 1 aromatic rings. The number of rotatable bonds is 1. The fourth-order valence-electron chi connectivity index (χ4n) is 3.74. The van der Waals surface area contributed by atoms with Crippen LogP contribution in [0.2, 0.25) is 0 Å². The minimum atomic E-state index is -4.27. The first-order chi connectivity index (χ1) is 9.47. The second-order valence-electron chi connectivity index (χ2n) is 6.27. The molecule has 1 saturated carbocycles. The number of benzene rings is 1. The van der Waals surface area contributed by atoms with E-state index in [0.717, 1.165) is 24.3 Å². The molecule has 1 aromatic carbocycles. The predicted molar refractivity (Wildman–Crippen MR) is 73.8 cm³/mol. The molecule has 1 heterocycles. The number of hydrogen-bond donors (Lipinski definition) is 1. The standard InChI is InChI=1S/C16H20F3N/c1-10-5-7-11(8-6-10)13-9-20-15-12(13)3-2-4-14(15)16(17,18)19/h2-4,10-11,13,20H,5-9H2,1H3. The van der Waals surface area contributed by atoms with Crippen LogP contribution < -0.4 is 5.32 Å². The zero-order chi connectivity index (χ0) is 14.3. The van der Waals surface area contributed by atoms with Crippen LogP contribution in [-0.4, -0.2) is 6.54 Å². The van der Waals surface area contributed by atoms with E-state index in [0.29, 0.717) is 18.2 Å². The van der Waals surface area contributed by atoms with Crippen molar-refractivity contribution in [3.63, 3.8) is 0 Å². The monoisotopic (exact) mass is 283 g/mol. The predicted octanol–water partition coefficient (Wildman–Crippen LogP) is 5.04. The minimum Gasteiger partial charge on any atom is -0.384 e. The molecule has 4 heteroatoms. The van der Waals surface area contributed by atoms with Crippen LogP contribution in [0.3, 0.4) is 0 Å². The molecular weight excluding hydrogens is 263 g/mol. The molecule has 1 atom stereocenters. The SMILES string of the molecule is CC1CCC(C2CNc3c2cccc3C(F)(F)F)CC1. The van der Waals surface area contributed by atoms with Crippen molar-refractivity contribution in [3.05, 3.63) is 29.3 Å². The Labute approximate surface area is 117 Å². The molecule has 2 aliphatic rings. The van der Waals surface area contributed by atoms with Gasteiger partial charge in [0.15, 0.2) is 0 Å². The highest BCUT2D eigenvalue weighted by atomic mass is 19.4. The minimum absolute atomic E-state index is 0.250. The number of hydrogen-bond acceptors (Lipinski definition) is 1. The Morgan fingerprint density at radius 3 is 2.45 bits per heavy atom. The lowest BCUT2D eigenvalue weighted by Gasteiger charge is -2.30. The summed E-state index contributed by atoms with van der Waals surface area (Å²) in [7, 11) is 0. The van der Waals surface area contributed by atoms with Crippen molar-refractivity contribution in [3.8, 4) is 0 Å². The Balaban J connectivity index is 1.87. The first-order valence-electron chi connectivity index (χ1n) is 7.41. The van der Waals surface area contributed by atoms with E-state index in [-0.39, 0.29) is 5.92 Å². The van der Waals surface area contributed by atoms with Crippen LogP contribution in [-0.2, 0) is 6.18 Å². The molecule has 1 N–H and O–H groups in total. The maximum absolute atomic E-state index is 13.0. The van der Waals surface area contributed by atoms with Gasteiger partial charge in [-0.05, 0) is 36.3 Å². The molecule has 1 unspecified atom stereocenters. The van der Waals surface area contributed by atoms with Crippen molar-refractivity contribution < 1.29 is 13.2 Å². The van der Waals surface area contributed by atoms with E-state index in [1.165, 1.54) is 18.9 Å². The molecule has 1 aliphatic heterocycles. The van der Waals surface area contributed by atoms with E-state index in [9.17, 15) is 13.2 Å². The van der Waals surface area contributed by atoms with Gasteiger partial charge in [-0.1, -0.05) is 31.9 Å². The third kappa shape index (κ3) is 2.40. The molecule has 110 valence electrons. The highest BCUT2D eigenvalue weighted by Crippen LogP contribution is 2.47. The summed E-state index contributed by atoms with van der Waals surface area (Å²) in [4.78, 5) is 0. The molecule has 1 nitrogen and oxygen atoms in total. The molecule has 0 aromatic heterocycles. The second kappa shape index (κ2) is 4.97. The first-order valence-corrected chi connectivity index (χ1v) is 7.41. The zero-order valence-corrected chi connectivity index (χ0v) is 11.6. The lowest BCUT2D eigenvalue weighted by molar-refractivity contribution is -0.136. The van der Waals surface area contributed by atoms with E-state index < -0.39 is 11.7 Å². The highest BCUT2D eigenvalue weighted by molar-refractivity contribution is 5.64. The number of nitrogens with one attached hydrogen (secondary N) is 1. The molecule has 3 rings (SSSR count). The Bertz CT molecular complexity index is 487. The van der Waals surface area contributed by atoms with Crippen LogP contribution in [0.15, 0.2) is 18.2 Å². The number of fused-ring (bicyclic) bond motifs is 1. The highest BCUT2D eigenvalue weighted by Gasteiger charge is 2.39. The molecule has 0 amide bonds. The van der Waals surface area contributed by atoms with Crippen LogP contribution in [0.1, 0.15) is 49.7 Å². The van der Waals surface area contributed by atoms with Crippen LogP contribution >= 0.6 is 0 Å². The van der Waals surface area contributed by atoms with Crippen molar-refractivity contribution in [2.75, 3.05) is 11.9 Å². The average molecular weight is 283 g/mol. The summed E-state index contributed by atoms with van der Waals surface area (Å²) in [6.07, 6.45) is 0.422. The van der Waals surface area contributed by atoms with Gasteiger partial charge in [-0.15, -0.1) is 0 Å². The number of para-hydroxylation sites is 1. The summed E-state index contributed by atoms with van der Waals surface area (Å²) in [6.45, 7) is 2.92. The first kappa shape index (κ1) is 13.8. The van der Waals surface area contributed by atoms with Crippen LogP contribution in [0.5, 0.6) is 0 Å². The van der Waals surface area contributed by atoms with Gasteiger partial charge in [0.2, 0.25) is 0 Å². The molecule has 1 fully saturated rings. The van der Waals surface area contributed by atoms with Gasteiger partial charge in [0.05, 0.1) is 5.56 Å². The fourth-order valence-corrected chi connectivity index (χ4v) is 3.74. The molecular formula is C16H20F3N. The van der Waals surface area contributed by atoms with Gasteiger partial charge in [-0.3, -0.25) is 0 Å². The molecule has 0 radical (unpaired) electrons. The van der Waals surface area contributed by atoms with Crippen LogP contribution in [0.25, 0.3) is 0 Å². The van der Waals surface area contributed by atoms with Gasteiger partial charge in [-0.25, -0.2) is 0 Å². The normalized spacial score (nSPS) is 29.9. The second-order valence-corrected chi connectivity index (χ2v) is 6.27. The molecule has 0 bridgehead atoms.